The fourth-order valence-corrected chi connectivity index (χ4v) is 3.02. The van der Waals surface area contributed by atoms with E-state index < -0.39 is 0 Å². The molecule has 3 atom stereocenters. The molecule has 0 amide bonds. The van der Waals surface area contributed by atoms with Gasteiger partial charge < -0.3 is 9.26 Å². The molecule has 17 heavy (non-hydrogen) atoms. The molecular weight excluding hydrogens is 216 g/mol. The zero-order valence-corrected chi connectivity index (χ0v) is 11.0. The molecule has 0 aliphatic heterocycles. The molecule has 1 heterocycles. The van der Waals surface area contributed by atoms with Gasteiger partial charge in [-0.2, -0.15) is 4.98 Å². The van der Waals surface area contributed by atoms with Crippen molar-refractivity contribution in [3.8, 4) is 0 Å². The minimum Gasteiger partial charge on any atom is -0.377 e. The first-order valence-electron chi connectivity index (χ1n) is 6.53. The Morgan fingerprint density at radius 3 is 2.88 bits per heavy atom. The van der Waals surface area contributed by atoms with Crippen molar-refractivity contribution in [2.45, 2.75) is 46.1 Å². The normalized spacial score (nSPS) is 28.8. The van der Waals surface area contributed by atoms with Crippen molar-refractivity contribution < 1.29 is 9.26 Å². The van der Waals surface area contributed by atoms with Crippen LogP contribution in [0, 0.1) is 17.8 Å². The van der Waals surface area contributed by atoms with E-state index in [9.17, 15) is 0 Å². The lowest BCUT2D eigenvalue weighted by atomic mass is 9.96. The summed E-state index contributed by atoms with van der Waals surface area (Å²) in [6, 6.07) is 0. The fourth-order valence-electron chi connectivity index (χ4n) is 3.02. The minimum atomic E-state index is 0.433. The number of methoxy groups -OCH3 is 1. The van der Waals surface area contributed by atoms with E-state index in [-0.39, 0.29) is 0 Å². The van der Waals surface area contributed by atoms with Crippen molar-refractivity contribution in [1.82, 2.24) is 10.1 Å². The first kappa shape index (κ1) is 12.6. The summed E-state index contributed by atoms with van der Waals surface area (Å²) in [5, 5.41) is 3.90. The molecule has 0 bridgehead atoms. The van der Waals surface area contributed by atoms with Gasteiger partial charge in [0.1, 0.15) is 6.61 Å². The fraction of sp³-hybridized carbons (Fsp3) is 0.846. The average molecular weight is 238 g/mol. The summed E-state index contributed by atoms with van der Waals surface area (Å²) in [6.07, 6.45) is 4.81. The molecule has 0 aromatic carbocycles. The summed E-state index contributed by atoms with van der Waals surface area (Å²) in [5.41, 5.74) is 0. The van der Waals surface area contributed by atoms with Crippen molar-refractivity contribution in [3.05, 3.63) is 11.7 Å². The molecule has 0 spiro atoms. The first-order valence-corrected chi connectivity index (χ1v) is 6.53. The van der Waals surface area contributed by atoms with Crippen LogP contribution in [0.25, 0.3) is 0 Å². The van der Waals surface area contributed by atoms with E-state index in [0.29, 0.717) is 18.3 Å². The Kier molecular flexibility index (Phi) is 4.15. The summed E-state index contributed by atoms with van der Waals surface area (Å²) in [6.45, 7) is 5.08. The van der Waals surface area contributed by atoms with Crippen molar-refractivity contribution in [2.75, 3.05) is 7.11 Å². The number of hydrogen-bond acceptors (Lipinski definition) is 4. The van der Waals surface area contributed by atoms with E-state index in [4.69, 9.17) is 9.26 Å². The monoisotopic (exact) mass is 238 g/mol. The van der Waals surface area contributed by atoms with E-state index in [1.807, 2.05) is 0 Å². The Balaban J connectivity index is 1.88. The van der Waals surface area contributed by atoms with Crippen LogP contribution in [-0.4, -0.2) is 17.3 Å². The maximum atomic E-state index is 5.24. The van der Waals surface area contributed by atoms with E-state index in [1.165, 1.54) is 19.3 Å². The summed E-state index contributed by atoms with van der Waals surface area (Å²) < 4.78 is 10.2. The largest absolute Gasteiger partial charge is 0.377 e. The van der Waals surface area contributed by atoms with Gasteiger partial charge in [0.25, 0.3) is 0 Å². The predicted octanol–water partition coefficient (Wildman–Crippen LogP) is 2.83. The molecule has 1 fully saturated rings. The zero-order valence-electron chi connectivity index (χ0n) is 11.0. The number of nitrogens with zero attached hydrogens (tertiary/aromatic N) is 2. The van der Waals surface area contributed by atoms with Crippen LogP contribution in [-0.2, 0) is 17.8 Å². The van der Waals surface area contributed by atoms with Crippen molar-refractivity contribution in [1.29, 1.82) is 0 Å². The van der Waals surface area contributed by atoms with Crippen LogP contribution >= 0.6 is 0 Å². The highest BCUT2D eigenvalue weighted by Crippen LogP contribution is 2.39. The van der Waals surface area contributed by atoms with Crippen LogP contribution in [0.3, 0.4) is 0 Å². The molecule has 1 aromatic rings. The van der Waals surface area contributed by atoms with E-state index in [1.54, 1.807) is 7.11 Å². The van der Waals surface area contributed by atoms with Crippen LogP contribution in [0.2, 0.25) is 0 Å². The molecule has 1 saturated carbocycles. The first-order chi connectivity index (χ1) is 8.22. The molecule has 0 radical (unpaired) electrons. The molecule has 96 valence electrons. The van der Waals surface area contributed by atoms with Gasteiger partial charge >= 0.3 is 0 Å². The van der Waals surface area contributed by atoms with Gasteiger partial charge in [0, 0.05) is 13.5 Å². The van der Waals surface area contributed by atoms with Gasteiger partial charge in [-0.25, -0.2) is 0 Å². The Labute approximate surface area is 103 Å². The number of hydrogen-bond donors (Lipinski definition) is 0. The van der Waals surface area contributed by atoms with Crippen LogP contribution in [0.4, 0.5) is 0 Å². The maximum absolute atomic E-state index is 5.24. The second kappa shape index (κ2) is 5.63. The Morgan fingerprint density at radius 1 is 1.41 bits per heavy atom. The average Bonchev–Trinajstić information content (AvgIpc) is 2.87. The highest BCUT2D eigenvalue weighted by molar-refractivity contribution is 4.90. The summed E-state index contributed by atoms with van der Waals surface area (Å²) >= 11 is 0. The molecule has 1 aliphatic carbocycles. The zero-order chi connectivity index (χ0) is 12.3. The highest BCUT2D eigenvalue weighted by atomic mass is 16.5. The summed E-state index contributed by atoms with van der Waals surface area (Å²) in [7, 11) is 1.64. The molecule has 0 saturated heterocycles. The number of rotatable bonds is 5. The van der Waals surface area contributed by atoms with Crippen LogP contribution < -0.4 is 0 Å². The number of ether oxygens (including phenoxy) is 1. The molecular formula is C13H22N2O2. The van der Waals surface area contributed by atoms with Gasteiger partial charge in [0.15, 0.2) is 5.82 Å². The van der Waals surface area contributed by atoms with Gasteiger partial charge in [-0.15, -0.1) is 0 Å². The predicted molar refractivity (Wildman–Crippen MR) is 64.4 cm³/mol. The van der Waals surface area contributed by atoms with Crippen LogP contribution in [0.5, 0.6) is 0 Å². The van der Waals surface area contributed by atoms with E-state index in [0.717, 1.165) is 24.1 Å². The van der Waals surface area contributed by atoms with Crippen LogP contribution in [0.1, 0.15) is 44.8 Å². The van der Waals surface area contributed by atoms with E-state index in [2.05, 4.69) is 24.0 Å². The molecule has 4 nitrogen and oxygen atoms in total. The summed E-state index contributed by atoms with van der Waals surface area (Å²) in [5.74, 6) is 3.85. The molecule has 2 rings (SSSR count). The Morgan fingerprint density at radius 2 is 2.24 bits per heavy atom. The molecule has 1 aromatic heterocycles. The highest BCUT2D eigenvalue weighted by Gasteiger charge is 2.31. The smallest absolute Gasteiger partial charge is 0.227 e. The van der Waals surface area contributed by atoms with Gasteiger partial charge in [0.2, 0.25) is 5.89 Å². The SMILES string of the molecule is CC[C@@H]1C[C@@H](Cc2nc(COC)no2)C[C@@H]1C. The Bertz CT molecular complexity index is 351. The van der Waals surface area contributed by atoms with E-state index >= 15 is 0 Å². The van der Waals surface area contributed by atoms with Gasteiger partial charge in [-0.3, -0.25) is 0 Å². The third-order valence-corrected chi connectivity index (χ3v) is 3.92. The topological polar surface area (TPSA) is 48.2 Å². The second-order valence-electron chi connectivity index (χ2n) is 5.22. The quantitative estimate of drug-likeness (QED) is 0.791. The third kappa shape index (κ3) is 3.06. The van der Waals surface area contributed by atoms with Crippen molar-refractivity contribution in [2.24, 2.45) is 17.8 Å². The van der Waals surface area contributed by atoms with Gasteiger partial charge in [-0.1, -0.05) is 25.4 Å². The number of aromatic nitrogens is 2. The maximum Gasteiger partial charge on any atom is 0.227 e. The lowest BCUT2D eigenvalue weighted by Gasteiger charge is -2.10. The molecule has 0 N–H and O–H groups in total. The Hall–Kier alpha value is -0.900. The van der Waals surface area contributed by atoms with Crippen molar-refractivity contribution >= 4 is 0 Å². The molecule has 0 unspecified atom stereocenters. The second-order valence-corrected chi connectivity index (χ2v) is 5.22. The lowest BCUT2D eigenvalue weighted by molar-refractivity contribution is 0.174. The third-order valence-electron chi connectivity index (χ3n) is 3.92. The summed E-state index contributed by atoms with van der Waals surface area (Å²) in [4.78, 5) is 4.34. The van der Waals surface area contributed by atoms with Crippen LogP contribution in [0.15, 0.2) is 4.52 Å². The van der Waals surface area contributed by atoms with Gasteiger partial charge in [0.05, 0.1) is 0 Å². The standard InChI is InChI=1S/C13H22N2O2/c1-4-11-6-10(5-9(11)2)7-13-14-12(8-16-3)15-17-13/h9-11H,4-8H2,1-3H3/t9-,10-,11+/m0/s1. The van der Waals surface area contributed by atoms with Crippen molar-refractivity contribution in [3.63, 3.8) is 0 Å². The van der Waals surface area contributed by atoms with Gasteiger partial charge in [-0.05, 0) is 30.6 Å². The molecule has 1 aliphatic rings. The lowest BCUT2D eigenvalue weighted by Crippen LogP contribution is -2.01. The molecule has 4 heteroatoms. The minimum absolute atomic E-state index is 0.433.